The molecule has 0 heterocycles. The van der Waals surface area contributed by atoms with E-state index in [1.54, 1.807) is 0 Å². The lowest BCUT2D eigenvalue weighted by atomic mass is 10.0. The zero-order valence-electron chi connectivity index (χ0n) is 44.2. The number of esters is 3. The first-order chi connectivity index (χ1) is 33.0. The van der Waals surface area contributed by atoms with Crippen molar-refractivity contribution in [1.82, 2.24) is 0 Å². The molecule has 0 N–H and O–H groups in total. The molecule has 386 valence electrons. The predicted octanol–water partition coefficient (Wildman–Crippen LogP) is 19.0. The van der Waals surface area contributed by atoms with E-state index in [9.17, 15) is 14.4 Å². The molecule has 0 bridgehead atoms. The van der Waals surface area contributed by atoms with Gasteiger partial charge in [-0.15, -0.1) is 0 Å². The summed E-state index contributed by atoms with van der Waals surface area (Å²) in [5.74, 6) is -0.879. The van der Waals surface area contributed by atoms with Crippen LogP contribution in [0.3, 0.4) is 0 Å². The summed E-state index contributed by atoms with van der Waals surface area (Å²) < 4.78 is 16.7. The summed E-state index contributed by atoms with van der Waals surface area (Å²) in [5.41, 5.74) is 0. The molecule has 0 aliphatic heterocycles. The smallest absolute Gasteiger partial charge is 0.306 e. The van der Waals surface area contributed by atoms with Crippen molar-refractivity contribution < 1.29 is 28.6 Å². The van der Waals surface area contributed by atoms with Gasteiger partial charge < -0.3 is 14.2 Å². The number of carbonyl (C=O) groups is 3. The van der Waals surface area contributed by atoms with Gasteiger partial charge in [-0.05, 0) is 70.6 Å². The number of rotatable bonds is 51. The van der Waals surface area contributed by atoms with Crippen LogP contribution in [0.1, 0.15) is 278 Å². The number of carbonyl (C=O) groups excluding carboxylic acids is 3. The van der Waals surface area contributed by atoms with Crippen molar-refractivity contribution in [3.05, 3.63) is 72.9 Å². The minimum Gasteiger partial charge on any atom is -0.462 e. The Labute approximate surface area is 414 Å². The highest BCUT2D eigenvalue weighted by Crippen LogP contribution is 2.16. The second kappa shape index (κ2) is 55.4. The minimum atomic E-state index is -0.764. The predicted molar refractivity (Wildman–Crippen MR) is 288 cm³/mol. The number of ether oxygens (including phenoxy) is 3. The third-order valence-corrected chi connectivity index (χ3v) is 12.2. The summed E-state index contributed by atoms with van der Waals surface area (Å²) in [6, 6.07) is 0. The zero-order chi connectivity index (χ0) is 48.6. The van der Waals surface area contributed by atoms with Crippen molar-refractivity contribution in [3.63, 3.8) is 0 Å². The molecule has 0 saturated heterocycles. The first kappa shape index (κ1) is 63.8. The van der Waals surface area contributed by atoms with Crippen molar-refractivity contribution in [2.24, 2.45) is 0 Å². The molecule has 67 heavy (non-hydrogen) atoms. The molecule has 6 nitrogen and oxygen atoms in total. The van der Waals surface area contributed by atoms with Crippen LogP contribution >= 0.6 is 0 Å². The van der Waals surface area contributed by atoms with Gasteiger partial charge in [0.15, 0.2) is 6.10 Å². The Hall–Kier alpha value is -3.15. The Morgan fingerprint density at radius 3 is 0.910 bits per heavy atom. The topological polar surface area (TPSA) is 78.9 Å². The first-order valence-electron chi connectivity index (χ1n) is 28.4. The Bertz CT molecular complexity index is 1260. The SMILES string of the molecule is CC/C=C\C/C=C\C/C=C\C/C=C\C/C=C\C/C=C\CCCCCCCCCCCCCCCCCCC(=O)OCC(COC(=O)CCCCCCCCC)OC(=O)CCCCCCCCC. The van der Waals surface area contributed by atoms with Gasteiger partial charge in [-0.25, -0.2) is 0 Å². The maximum atomic E-state index is 12.6. The standard InChI is InChI=1S/C61H106O6/c1-4-7-10-13-16-17-18-19-20-21-22-23-24-25-26-27-28-29-30-31-32-33-34-35-36-37-38-39-40-41-42-43-46-48-51-54-60(63)66-57-58(67-61(64)55-52-49-45-15-12-9-6-3)56-65-59(62)53-50-47-44-14-11-8-5-2/h7,10,16-17,19-20,22-23,25-26,28-29,58H,4-6,8-9,11-15,18,21,24,27,30-57H2,1-3H3/b10-7-,17-16-,20-19-,23-22-,26-25-,29-28-. The van der Waals surface area contributed by atoms with Crippen LogP contribution in [-0.4, -0.2) is 37.2 Å². The summed E-state index contributed by atoms with van der Waals surface area (Å²) in [6.45, 7) is 6.44. The molecule has 1 atom stereocenters. The van der Waals surface area contributed by atoms with Gasteiger partial charge in [0.2, 0.25) is 0 Å². The Balaban J connectivity index is 3.86. The monoisotopic (exact) mass is 935 g/mol. The van der Waals surface area contributed by atoms with E-state index in [0.717, 1.165) is 96.3 Å². The van der Waals surface area contributed by atoms with Gasteiger partial charge in [-0.2, -0.15) is 0 Å². The molecule has 0 aromatic heterocycles. The third kappa shape index (κ3) is 53.7. The summed E-state index contributed by atoms with van der Waals surface area (Å²) in [5, 5.41) is 0. The lowest BCUT2D eigenvalue weighted by molar-refractivity contribution is -0.167. The maximum absolute atomic E-state index is 12.6. The van der Waals surface area contributed by atoms with E-state index in [0.29, 0.717) is 19.3 Å². The average Bonchev–Trinajstić information content (AvgIpc) is 3.33. The number of unbranched alkanes of at least 4 members (excludes halogenated alkanes) is 28. The van der Waals surface area contributed by atoms with Gasteiger partial charge in [0.25, 0.3) is 0 Å². The van der Waals surface area contributed by atoms with E-state index in [2.05, 4.69) is 93.7 Å². The fraction of sp³-hybridized carbons (Fsp3) is 0.754. The Morgan fingerprint density at radius 2 is 0.582 bits per heavy atom. The van der Waals surface area contributed by atoms with Crippen LogP contribution in [0.4, 0.5) is 0 Å². The summed E-state index contributed by atoms with van der Waals surface area (Å²) in [6.07, 6.45) is 71.0. The lowest BCUT2D eigenvalue weighted by Crippen LogP contribution is -2.30. The second-order valence-corrected chi connectivity index (χ2v) is 18.8. The number of hydrogen-bond acceptors (Lipinski definition) is 6. The van der Waals surface area contributed by atoms with E-state index >= 15 is 0 Å². The molecule has 0 saturated carbocycles. The van der Waals surface area contributed by atoms with Gasteiger partial charge in [0.05, 0.1) is 0 Å². The molecular weight excluding hydrogens is 829 g/mol. The molecule has 0 amide bonds. The van der Waals surface area contributed by atoms with Gasteiger partial charge in [-0.3, -0.25) is 14.4 Å². The zero-order valence-corrected chi connectivity index (χ0v) is 44.2. The second-order valence-electron chi connectivity index (χ2n) is 18.8. The largest absolute Gasteiger partial charge is 0.462 e. The fourth-order valence-electron chi connectivity index (χ4n) is 7.98. The normalized spacial score (nSPS) is 12.6. The molecule has 0 aromatic rings. The summed E-state index contributed by atoms with van der Waals surface area (Å²) in [4.78, 5) is 37.6. The Kier molecular flexibility index (Phi) is 52.8. The minimum absolute atomic E-state index is 0.0708. The fourth-order valence-corrected chi connectivity index (χ4v) is 7.98. The summed E-state index contributed by atoms with van der Waals surface area (Å²) >= 11 is 0. The molecule has 0 fully saturated rings. The van der Waals surface area contributed by atoms with Crippen LogP contribution in [0.2, 0.25) is 0 Å². The van der Waals surface area contributed by atoms with E-state index in [1.165, 1.54) is 141 Å². The van der Waals surface area contributed by atoms with Crippen molar-refractivity contribution in [1.29, 1.82) is 0 Å². The highest BCUT2D eigenvalue weighted by molar-refractivity contribution is 5.71. The van der Waals surface area contributed by atoms with Crippen LogP contribution < -0.4 is 0 Å². The van der Waals surface area contributed by atoms with Crippen molar-refractivity contribution in [3.8, 4) is 0 Å². The molecular formula is C61H106O6. The molecule has 0 radical (unpaired) electrons. The molecule has 0 aliphatic rings. The maximum Gasteiger partial charge on any atom is 0.306 e. The molecule has 0 aromatic carbocycles. The van der Waals surface area contributed by atoms with Crippen LogP contribution in [0.15, 0.2) is 72.9 Å². The average molecular weight is 936 g/mol. The molecule has 0 rings (SSSR count). The van der Waals surface area contributed by atoms with Crippen molar-refractivity contribution in [2.45, 2.75) is 284 Å². The van der Waals surface area contributed by atoms with Crippen LogP contribution in [0, 0.1) is 0 Å². The van der Waals surface area contributed by atoms with E-state index in [-0.39, 0.29) is 31.1 Å². The van der Waals surface area contributed by atoms with Gasteiger partial charge >= 0.3 is 17.9 Å². The lowest BCUT2D eigenvalue weighted by Gasteiger charge is -2.18. The Morgan fingerprint density at radius 1 is 0.313 bits per heavy atom. The highest BCUT2D eigenvalue weighted by atomic mass is 16.6. The van der Waals surface area contributed by atoms with Crippen molar-refractivity contribution >= 4 is 17.9 Å². The van der Waals surface area contributed by atoms with Crippen molar-refractivity contribution in [2.75, 3.05) is 13.2 Å². The van der Waals surface area contributed by atoms with Crippen LogP contribution in [-0.2, 0) is 28.6 Å². The quantitative estimate of drug-likeness (QED) is 0.0262. The third-order valence-electron chi connectivity index (χ3n) is 12.2. The first-order valence-corrected chi connectivity index (χ1v) is 28.4. The molecule has 1 unspecified atom stereocenters. The van der Waals surface area contributed by atoms with Gasteiger partial charge in [-0.1, -0.05) is 261 Å². The van der Waals surface area contributed by atoms with Gasteiger partial charge in [0, 0.05) is 19.3 Å². The van der Waals surface area contributed by atoms with E-state index < -0.39 is 6.10 Å². The molecule has 0 spiro atoms. The highest BCUT2D eigenvalue weighted by Gasteiger charge is 2.19. The molecule has 0 aliphatic carbocycles. The van der Waals surface area contributed by atoms with Gasteiger partial charge in [0.1, 0.15) is 13.2 Å². The number of hydrogen-bond donors (Lipinski definition) is 0. The van der Waals surface area contributed by atoms with E-state index in [1.807, 2.05) is 0 Å². The molecule has 6 heteroatoms. The number of allylic oxidation sites excluding steroid dienone is 12. The van der Waals surface area contributed by atoms with E-state index in [4.69, 9.17) is 14.2 Å². The summed E-state index contributed by atoms with van der Waals surface area (Å²) in [7, 11) is 0. The van der Waals surface area contributed by atoms with Crippen LogP contribution in [0.25, 0.3) is 0 Å². The van der Waals surface area contributed by atoms with Crippen LogP contribution in [0.5, 0.6) is 0 Å².